The third-order valence-corrected chi connectivity index (χ3v) is 4.44. The van der Waals surface area contributed by atoms with Crippen molar-refractivity contribution in [1.82, 2.24) is 5.32 Å². The van der Waals surface area contributed by atoms with Gasteiger partial charge in [-0.1, -0.05) is 60.7 Å². The van der Waals surface area contributed by atoms with Crippen molar-refractivity contribution in [3.63, 3.8) is 0 Å². The van der Waals surface area contributed by atoms with Crippen LogP contribution in [0.2, 0.25) is 0 Å². The molecule has 0 aliphatic heterocycles. The van der Waals surface area contributed by atoms with Gasteiger partial charge in [0.1, 0.15) is 5.70 Å². The van der Waals surface area contributed by atoms with E-state index in [2.05, 4.69) is 15.4 Å². The van der Waals surface area contributed by atoms with Crippen LogP contribution in [-0.2, 0) is 9.53 Å². The molecule has 0 fully saturated rings. The Bertz CT molecular complexity index is 1140. The number of benzene rings is 3. The highest BCUT2D eigenvalue weighted by Gasteiger charge is 2.14. The van der Waals surface area contributed by atoms with E-state index in [4.69, 9.17) is 0 Å². The third-order valence-electron chi connectivity index (χ3n) is 4.44. The lowest BCUT2D eigenvalue weighted by molar-refractivity contribution is -0.113. The molecular weight excluding hydrogens is 404 g/mol. The maximum atomic E-state index is 12.9. The second kappa shape index (κ2) is 11.1. The lowest BCUT2D eigenvalue weighted by Gasteiger charge is -2.11. The van der Waals surface area contributed by atoms with Gasteiger partial charge in [-0.3, -0.25) is 9.59 Å². The van der Waals surface area contributed by atoms with E-state index in [9.17, 15) is 14.4 Å². The first-order valence-electron chi connectivity index (χ1n) is 9.86. The molecule has 0 aliphatic rings. The van der Waals surface area contributed by atoms with Crippen LogP contribution < -0.4 is 10.6 Å². The van der Waals surface area contributed by atoms with Gasteiger partial charge in [-0.25, -0.2) is 4.79 Å². The molecule has 3 aromatic carbocycles. The first-order chi connectivity index (χ1) is 15.6. The molecule has 0 bridgehead atoms. The summed E-state index contributed by atoms with van der Waals surface area (Å²) < 4.78 is 4.67. The van der Waals surface area contributed by atoms with Crippen molar-refractivity contribution in [2.45, 2.75) is 0 Å². The topological polar surface area (TPSA) is 84.5 Å². The molecule has 0 spiro atoms. The Labute approximate surface area is 186 Å². The molecule has 0 saturated carbocycles. The highest BCUT2D eigenvalue weighted by Crippen LogP contribution is 2.12. The fourth-order valence-corrected chi connectivity index (χ4v) is 2.78. The summed E-state index contributed by atoms with van der Waals surface area (Å²) in [6.45, 7) is 0. The molecule has 0 atom stereocenters. The lowest BCUT2D eigenvalue weighted by Crippen LogP contribution is -2.30. The molecule has 2 N–H and O–H groups in total. The van der Waals surface area contributed by atoms with Crippen LogP contribution in [0.15, 0.2) is 103 Å². The van der Waals surface area contributed by atoms with Crippen LogP contribution in [0.5, 0.6) is 0 Å². The summed E-state index contributed by atoms with van der Waals surface area (Å²) >= 11 is 0. The molecule has 2 amide bonds. The van der Waals surface area contributed by atoms with E-state index in [1.807, 2.05) is 36.4 Å². The second-order valence-electron chi connectivity index (χ2n) is 6.69. The number of amides is 2. The van der Waals surface area contributed by atoms with Crippen molar-refractivity contribution in [2.24, 2.45) is 0 Å². The Balaban J connectivity index is 1.79. The number of nitrogens with one attached hydrogen (secondary N) is 2. The van der Waals surface area contributed by atoms with E-state index in [0.29, 0.717) is 16.8 Å². The molecule has 0 aromatic heterocycles. The number of hydrogen-bond donors (Lipinski definition) is 2. The summed E-state index contributed by atoms with van der Waals surface area (Å²) in [5.74, 6) is -1.37. The van der Waals surface area contributed by atoms with Gasteiger partial charge in [0.25, 0.3) is 11.8 Å². The summed E-state index contributed by atoms with van der Waals surface area (Å²) in [4.78, 5) is 37.0. The first-order valence-corrected chi connectivity index (χ1v) is 9.86. The average molecular weight is 426 g/mol. The van der Waals surface area contributed by atoms with Crippen molar-refractivity contribution in [2.75, 3.05) is 12.4 Å². The van der Waals surface area contributed by atoms with Gasteiger partial charge in [0.05, 0.1) is 12.7 Å². The molecule has 3 rings (SSSR count). The minimum absolute atomic E-state index is 0.0723. The van der Waals surface area contributed by atoms with Gasteiger partial charge < -0.3 is 15.4 Å². The number of ether oxygens (including phenoxy) is 1. The van der Waals surface area contributed by atoms with E-state index in [-0.39, 0.29) is 5.70 Å². The summed E-state index contributed by atoms with van der Waals surface area (Å²) in [6, 6.07) is 24.5. The van der Waals surface area contributed by atoms with Crippen molar-refractivity contribution in [1.29, 1.82) is 0 Å². The second-order valence-corrected chi connectivity index (χ2v) is 6.69. The minimum atomic E-state index is -0.502. The van der Waals surface area contributed by atoms with Crippen LogP contribution in [0.25, 0.3) is 6.08 Å². The SMILES string of the molecule is COC(=O)c1ccc(NC(=O)/C(=C/C=C/c2ccccc2)NC(=O)c2ccccc2)cc1. The number of allylic oxidation sites excluding steroid dienone is 2. The van der Waals surface area contributed by atoms with Crippen LogP contribution in [0, 0.1) is 0 Å². The van der Waals surface area contributed by atoms with Crippen molar-refractivity contribution in [3.8, 4) is 0 Å². The van der Waals surface area contributed by atoms with E-state index >= 15 is 0 Å². The normalized spacial score (nSPS) is 11.1. The fourth-order valence-electron chi connectivity index (χ4n) is 2.78. The molecule has 0 unspecified atom stereocenters. The van der Waals surface area contributed by atoms with Gasteiger partial charge in [0.2, 0.25) is 0 Å². The van der Waals surface area contributed by atoms with E-state index < -0.39 is 17.8 Å². The minimum Gasteiger partial charge on any atom is -0.465 e. The standard InChI is InChI=1S/C26H22N2O4/c1-32-26(31)21-15-17-22(18-16-21)27-25(30)23(14-8-11-19-9-4-2-5-10-19)28-24(29)20-12-6-3-7-13-20/h2-18H,1H3,(H,27,30)(H,28,29)/b11-8+,23-14-. The largest absolute Gasteiger partial charge is 0.465 e. The van der Waals surface area contributed by atoms with E-state index in [1.54, 1.807) is 60.7 Å². The number of methoxy groups -OCH3 is 1. The highest BCUT2D eigenvalue weighted by atomic mass is 16.5. The molecule has 6 heteroatoms. The zero-order valence-electron chi connectivity index (χ0n) is 17.4. The van der Waals surface area contributed by atoms with Gasteiger partial charge in [-0.15, -0.1) is 0 Å². The number of esters is 1. The number of carbonyl (C=O) groups excluding carboxylic acids is 3. The number of carbonyl (C=O) groups is 3. The molecule has 6 nitrogen and oxygen atoms in total. The lowest BCUT2D eigenvalue weighted by atomic mass is 10.2. The van der Waals surface area contributed by atoms with Gasteiger partial charge in [-0.05, 0) is 48.0 Å². The van der Waals surface area contributed by atoms with E-state index in [1.165, 1.54) is 13.2 Å². The number of rotatable bonds is 7. The smallest absolute Gasteiger partial charge is 0.337 e. The molecule has 32 heavy (non-hydrogen) atoms. The van der Waals surface area contributed by atoms with Gasteiger partial charge >= 0.3 is 5.97 Å². The quantitative estimate of drug-likeness (QED) is 0.332. The average Bonchev–Trinajstić information content (AvgIpc) is 2.84. The molecule has 0 saturated heterocycles. The molecule has 0 radical (unpaired) electrons. The van der Waals surface area contributed by atoms with Gasteiger partial charge in [0.15, 0.2) is 0 Å². The summed E-state index contributed by atoms with van der Waals surface area (Å²) in [6.07, 6.45) is 5.05. The van der Waals surface area contributed by atoms with Crippen LogP contribution in [-0.4, -0.2) is 24.9 Å². The predicted octanol–water partition coefficient (Wildman–Crippen LogP) is 4.44. The molecule has 160 valence electrons. The highest BCUT2D eigenvalue weighted by molar-refractivity contribution is 6.08. The Morgan fingerprint density at radius 3 is 2.03 bits per heavy atom. The van der Waals surface area contributed by atoms with Crippen molar-refractivity contribution in [3.05, 3.63) is 119 Å². The maximum Gasteiger partial charge on any atom is 0.337 e. The molecule has 0 heterocycles. The Morgan fingerprint density at radius 2 is 1.41 bits per heavy atom. The maximum absolute atomic E-state index is 12.9. The van der Waals surface area contributed by atoms with Crippen molar-refractivity contribution >= 4 is 29.5 Å². The fraction of sp³-hybridized carbons (Fsp3) is 0.0385. The zero-order chi connectivity index (χ0) is 22.8. The van der Waals surface area contributed by atoms with Crippen LogP contribution >= 0.6 is 0 Å². The van der Waals surface area contributed by atoms with Gasteiger partial charge in [-0.2, -0.15) is 0 Å². The summed E-state index contributed by atoms with van der Waals surface area (Å²) in [5, 5.41) is 5.39. The summed E-state index contributed by atoms with van der Waals surface area (Å²) in [7, 11) is 1.30. The van der Waals surface area contributed by atoms with Crippen molar-refractivity contribution < 1.29 is 19.1 Å². The Morgan fingerprint density at radius 1 is 0.781 bits per heavy atom. The Kier molecular flexibility index (Phi) is 7.70. The predicted molar refractivity (Wildman–Crippen MR) is 124 cm³/mol. The van der Waals surface area contributed by atoms with E-state index in [0.717, 1.165) is 5.56 Å². The first kappa shape index (κ1) is 22.2. The monoisotopic (exact) mass is 426 g/mol. The molecule has 0 aliphatic carbocycles. The van der Waals surface area contributed by atoms with Crippen LogP contribution in [0.1, 0.15) is 26.3 Å². The number of hydrogen-bond acceptors (Lipinski definition) is 4. The zero-order valence-corrected chi connectivity index (χ0v) is 17.4. The summed E-state index contributed by atoms with van der Waals surface area (Å²) in [5.41, 5.74) is 2.29. The van der Waals surface area contributed by atoms with Crippen LogP contribution in [0.4, 0.5) is 5.69 Å². The van der Waals surface area contributed by atoms with Crippen LogP contribution in [0.3, 0.4) is 0 Å². The molecular formula is C26H22N2O4. The number of anilines is 1. The van der Waals surface area contributed by atoms with Gasteiger partial charge in [0, 0.05) is 11.3 Å². The third kappa shape index (κ3) is 6.27. The Hall–Kier alpha value is -4.45. The molecule has 3 aromatic rings.